The highest BCUT2D eigenvalue weighted by molar-refractivity contribution is 5.92. The molecule has 38 heavy (non-hydrogen) atoms. The Bertz CT molecular complexity index is 1550. The van der Waals surface area contributed by atoms with E-state index in [2.05, 4.69) is 39.2 Å². The zero-order valence-corrected chi connectivity index (χ0v) is 21.3. The summed E-state index contributed by atoms with van der Waals surface area (Å²) in [6.45, 7) is 6.00. The SMILES string of the molecule is C#Cc1ccc(C(=O)NC2(C)CCN(c3ccc(-c4cc(OCC)cn5ncc(C#N)c45)cn3)CC2)nc1. The van der Waals surface area contributed by atoms with Crippen molar-refractivity contribution in [2.45, 2.75) is 32.2 Å². The summed E-state index contributed by atoms with van der Waals surface area (Å²) in [5.41, 5.74) is 3.56. The molecule has 5 heterocycles. The molecule has 0 radical (unpaired) electrons. The van der Waals surface area contributed by atoms with Gasteiger partial charge in [0.1, 0.15) is 23.3 Å². The first-order valence-corrected chi connectivity index (χ1v) is 12.4. The summed E-state index contributed by atoms with van der Waals surface area (Å²) >= 11 is 0. The van der Waals surface area contributed by atoms with Gasteiger partial charge in [-0.3, -0.25) is 4.79 Å². The van der Waals surface area contributed by atoms with Crippen molar-refractivity contribution in [3.8, 4) is 35.3 Å². The molecular formula is C29H27N7O2. The van der Waals surface area contributed by atoms with E-state index in [4.69, 9.17) is 16.1 Å². The maximum absolute atomic E-state index is 12.7. The number of pyridine rings is 3. The minimum absolute atomic E-state index is 0.204. The van der Waals surface area contributed by atoms with Crippen LogP contribution in [0.25, 0.3) is 16.6 Å². The van der Waals surface area contributed by atoms with Crippen LogP contribution in [0.2, 0.25) is 0 Å². The third-order valence-corrected chi connectivity index (χ3v) is 6.85. The molecule has 1 aliphatic heterocycles. The number of nitriles is 1. The molecule has 4 aromatic heterocycles. The highest BCUT2D eigenvalue weighted by Gasteiger charge is 2.32. The number of nitrogens with zero attached hydrogens (tertiary/aromatic N) is 6. The van der Waals surface area contributed by atoms with E-state index in [1.807, 2.05) is 31.3 Å². The third kappa shape index (κ3) is 4.87. The lowest BCUT2D eigenvalue weighted by Gasteiger charge is -2.40. The van der Waals surface area contributed by atoms with E-state index < -0.39 is 0 Å². The molecule has 9 heteroatoms. The number of fused-ring (bicyclic) bond motifs is 1. The number of piperidine rings is 1. The lowest BCUT2D eigenvalue weighted by molar-refractivity contribution is 0.0886. The first-order valence-electron chi connectivity index (χ1n) is 12.4. The van der Waals surface area contributed by atoms with E-state index in [0.717, 1.165) is 48.4 Å². The van der Waals surface area contributed by atoms with Crippen LogP contribution in [-0.4, -0.2) is 50.7 Å². The Kier molecular flexibility index (Phi) is 6.68. The van der Waals surface area contributed by atoms with Crippen LogP contribution in [-0.2, 0) is 0 Å². The average molecular weight is 506 g/mol. The van der Waals surface area contributed by atoms with Gasteiger partial charge in [0.15, 0.2) is 0 Å². The van der Waals surface area contributed by atoms with Gasteiger partial charge in [-0.2, -0.15) is 10.4 Å². The number of carbonyl (C=O) groups excluding carboxylic acids is 1. The molecule has 1 aliphatic rings. The molecule has 0 aromatic carbocycles. The average Bonchev–Trinajstić information content (AvgIpc) is 3.36. The number of carbonyl (C=O) groups is 1. The van der Waals surface area contributed by atoms with Crippen LogP contribution in [0.3, 0.4) is 0 Å². The fourth-order valence-electron chi connectivity index (χ4n) is 4.68. The Balaban J connectivity index is 1.29. The number of amides is 1. The molecule has 4 aromatic rings. The van der Waals surface area contributed by atoms with Crippen molar-refractivity contribution in [2.24, 2.45) is 0 Å². The summed E-state index contributed by atoms with van der Waals surface area (Å²) in [4.78, 5) is 23.9. The molecule has 0 saturated carbocycles. The van der Waals surface area contributed by atoms with Crippen LogP contribution in [0.5, 0.6) is 5.75 Å². The van der Waals surface area contributed by atoms with Crippen molar-refractivity contribution in [1.29, 1.82) is 5.26 Å². The zero-order valence-electron chi connectivity index (χ0n) is 21.3. The Labute approximate surface area is 221 Å². The smallest absolute Gasteiger partial charge is 0.270 e. The van der Waals surface area contributed by atoms with Gasteiger partial charge in [0.2, 0.25) is 0 Å². The lowest BCUT2D eigenvalue weighted by atomic mass is 9.89. The molecule has 0 aliphatic carbocycles. The molecule has 0 unspecified atom stereocenters. The molecule has 0 atom stereocenters. The van der Waals surface area contributed by atoms with Gasteiger partial charge >= 0.3 is 0 Å². The van der Waals surface area contributed by atoms with E-state index in [9.17, 15) is 10.1 Å². The van der Waals surface area contributed by atoms with Crippen LogP contribution < -0.4 is 15.0 Å². The second kappa shape index (κ2) is 10.2. The normalized spacial score (nSPS) is 14.5. The van der Waals surface area contributed by atoms with Crippen LogP contribution in [0, 0.1) is 23.7 Å². The van der Waals surface area contributed by atoms with Crippen molar-refractivity contribution in [3.05, 3.63) is 71.9 Å². The van der Waals surface area contributed by atoms with Crippen LogP contribution in [0.4, 0.5) is 5.82 Å². The van der Waals surface area contributed by atoms with Gasteiger partial charge in [0.05, 0.1) is 30.1 Å². The van der Waals surface area contributed by atoms with Crippen LogP contribution in [0.1, 0.15) is 48.3 Å². The molecule has 1 fully saturated rings. The van der Waals surface area contributed by atoms with Crippen molar-refractivity contribution >= 4 is 17.2 Å². The molecule has 0 bridgehead atoms. The Morgan fingerprint density at radius 1 is 1.18 bits per heavy atom. The molecule has 1 saturated heterocycles. The van der Waals surface area contributed by atoms with Crippen LogP contribution >= 0.6 is 0 Å². The predicted molar refractivity (Wildman–Crippen MR) is 144 cm³/mol. The second-order valence-electron chi connectivity index (χ2n) is 9.47. The molecule has 1 N–H and O–H groups in total. The van der Waals surface area contributed by atoms with Gasteiger partial charge in [0, 0.05) is 47.7 Å². The number of rotatable bonds is 6. The number of hydrogen-bond donors (Lipinski definition) is 1. The number of nitrogens with one attached hydrogen (secondary N) is 1. The highest BCUT2D eigenvalue weighted by atomic mass is 16.5. The minimum Gasteiger partial charge on any atom is -0.492 e. The summed E-state index contributed by atoms with van der Waals surface area (Å²) in [7, 11) is 0. The van der Waals surface area contributed by atoms with E-state index in [0.29, 0.717) is 29.2 Å². The van der Waals surface area contributed by atoms with E-state index in [1.54, 1.807) is 29.0 Å². The minimum atomic E-state index is -0.346. The quantitative estimate of drug-likeness (QED) is 0.397. The first-order chi connectivity index (χ1) is 18.4. The van der Waals surface area contributed by atoms with Gasteiger partial charge in [-0.05, 0) is 57.0 Å². The molecule has 1 amide bonds. The fourth-order valence-corrected chi connectivity index (χ4v) is 4.68. The Morgan fingerprint density at radius 3 is 2.63 bits per heavy atom. The van der Waals surface area contributed by atoms with Crippen molar-refractivity contribution < 1.29 is 9.53 Å². The number of hydrogen-bond acceptors (Lipinski definition) is 7. The van der Waals surface area contributed by atoms with Crippen LogP contribution in [0.15, 0.2) is 55.1 Å². The summed E-state index contributed by atoms with van der Waals surface area (Å²) in [5, 5.41) is 17.0. The van der Waals surface area contributed by atoms with Gasteiger partial charge in [0.25, 0.3) is 5.91 Å². The van der Waals surface area contributed by atoms with E-state index >= 15 is 0 Å². The third-order valence-electron chi connectivity index (χ3n) is 6.85. The maximum atomic E-state index is 12.7. The summed E-state index contributed by atoms with van der Waals surface area (Å²) < 4.78 is 7.38. The van der Waals surface area contributed by atoms with E-state index in [-0.39, 0.29) is 11.4 Å². The summed E-state index contributed by atoms with van der Waals surface area (Å²) in [5.74, 6) is 3.84. The molecule has 190 valence electrons. The Hall–Kier alpha value is -4.89. The largest absolute Gasteiger partial charge is 0.492 e. The Morgan fingerprint density at radius 2 is 2.00 bits per heavy atom. The summed E-state index contributed by atoms with van der Waals surface area (Å²) in [6, 6.07) is 11.5. The number of terminal acetylenes is 1. The molecule has 0 spiro atoms. The monoisotopic (exact) mass is 505 g/mol. The number of ether oxygens (including phenoxy) is 1. The number of aromatic nitrogens is 4. The van der Waals surface area contributed by atoms with Gasteiger partial charge in [-0.15, -0.1) is 6.42 Å². The topological polar surface area (TPSA) is 108 Å². The molecule has 5 rings (SSSR count). The van der Waals surface area contributed by atoms with Gasteiger partial charge in [-0.25, -0.2) is 14.5 Å². The van der Waals surface area contributed by atoms with E-state index in [1.165, 1.54) is 6.20 Å². The summed E-state index contributed by atoms with van der Waals surface area (Å²) in [6.07, 6.45) is 13.6. The highest BCUT2D eigenvalue weighted by Crippen LogP contribution is 2.32. The second-order valence-corrected chi connectivity index (χ2v) is 9.47. The van der Waals surface area contributed by atoms with Crippen molar-refractivity contribution in [2.75, 3.05) is 24.6 Å². The zero-order chi connectivity index (χ0) is 26.7. The molecular weight excluding hydrogens is 478 g/mol. The maximum Gasteiger partial charge on any atom is 0.270 e. The fraction of sp³-hybridized carbons (Fsp3) is 0.276. The van der Waals surface area contributed by atoms with Gasteiger partial charge < -0.3 is 15.0 Å². The number of anilines is 1. The van der Waals surface area contributed by atoms with Crippen molar-refractivity contribution in [1.82, 2.24) is 24.9 Å². The van der Waals surface area contributed by atoms with Gasteiger partial charge in [-0.1, -0.05) is 5.92 Å². The standard InChI is InChI=1S/C29H27N7O2/c1-4-20-6-8-25(31-16-20)28(37)34-29(3)10-12-35(13-11-29)26-9-7-21(17-32-26)24-14-23(38-5-2)19-36-27(24)22(15-30)18-33-36/h1,6-9,14,16-19H,5,10-13H2,2-3H3,(H,34,37). The lowest BCUT2D eigenvalue weighted by Crippen LogP contribution is -2.53. The van der Waals surface area contributed by atoms with Crippen molar-refractivity contribution in [3.63, 3.8) is 0 Å². The predicted octanol–water partition coefficient (Wildman–Crippen LogP) is 3.83. The first kappa shape index (κ1) is 24.8. The molecule has 9 nitrogen and oxygen atoms in total.